The summed E-state index contributed by atoms with van der Waals surface area (Å²) in [4.78, 5) is 12.2. The van der Waals surface area contributed by atoms with Gasteiger partial charge >= 0.3 is 6.18 Å². The molecule has 1 amide bonds. The van der Waals surface area contributed by atoms with Gasteiger partial charge < -0.3 is 11.1 Å². The van der Waals surface area contributed by atoms with Crippen molar-refractivity contribution in [2.45, 2.75) is 39.4 Å². The van der Waals surface area contributed by atoms with Gasteiger partial charge in [-0.3, -0.25) is 4.79 Å². The number of amides is 1. The summed E-state index contributed by atoms with van der Waals surface area (Å²) in [5, 5.41) is 2.73. The highest BCUT2D eigenvalue weighted by Gasteiger charge is 2.32. The number of carbonyl (C=O) groups is 1. The van der Waals surface area contributed by atoms with E-state index in [1.165, 1.54) is 6.07 Å². The van der Waals surface area contributed by atoms with Crippen molar-refractivity contribution >= 4 is 5.91 Å². The molecule has 1 rings (SSSR count). The minimum Gasteiger partial charge on any atom is -0.349 e. The van der Waals surface area contributed by atoms with Gasteiger partial charge in [0.1, 0.15) is 0 Å². The van der Waals surface area contributed by atoms with Crippen LogP contribution in [0.15, 0.2) is 24.3 Å². The maximum Gasteiger partial charge on any atom is 0.416 e. The van der Waals surface area contributed by atoms with Gasteiger partial charge in [0.05, 0.1) is 17.0 Å². The summed E-state index contributed by atoms with van der Waals surface area (Å²) in [6.45, 7) is 5.42. The molecule has 0 fully saturated rings. The smallest absolute Gasteiger partial charge is 0.349 e. The second kappa shape index (κ2) is 6.47. The minimum atomic E-state index is -4.39. The molecule has 0 aromatic heterocycles. The molecule has 1 aromatic carbocycles. The van der Waals surface area contributed by atoms with E-state index in [0.29, 0.717) is 12.0 Å². The van der Waals surface area contributed by atoms with E-state index in [2.05, 4.69) is 5.32 Å². The number of carbonyl (C=O) groups excluding carboxylic acids is 1. The molecule has 118 valence electrons. The lowest BCUT2D eigenvalue weighted by atomic mass is 9.86. The summed E-state index contributed by atoms with van der Waals surface area (Å²) in [5.74, 6) is -0.252. The molecule has 3 nitrogen and oxygen atoms in total. The Morgan fingerprint density at radius 1 is 1.38 bits per heavy atom. The van der Waals surface area contributed by atoms with Gasteiger partial charge in [-0.05, 0) is 38.0 Å². The van der Waals surface area contributed by atoms with Crippen molar-refractivity contribution in [1.82, 2.24) is 5.32 Å². The molecule has 0 saturated carbocycles. The van der Waals surface area contributed by atoms with Crippen molar-refractivity contribution < 1.29 is 18.0 Å². The Bertz CT molecular complexity index is 496. The summed E-state index contributed by atoms with van der Waals surface area (Å²) in [6.07, 6.45) is -3.83. The molecule has 0 spiro atoms. The molecule has 0 aliphatic carbocycles. The molecule has 6 heteroatoms. The van der Waals surface area contributed by atoms with Crippen LogP contribution in [0.3, 0.4) is 0 Å². The Hall–Kier alpha value is -1.56. The predicted octanol–water partition coefficient (Wildman–Crippen LogP) is 3.26. The monoisotopic (exact) mass is 302 g/mol. The molecule has 2 atom stereocenters. The van der Waals surface area contributed by atoms with Crippen molar-refractivity contribution in [2.75, 3.05) is 6.54 Å². The molecular weight excluding hydrogens is 281 g/mol. The van der Waals surface area contributed by atoms with Gasteiger partial charge in [-0.1, -0.05) is 19.1 Å². The fraction of sp³-hybridized carbons (Fsp3) is 0.533. The van der Waals surface area contributed by atoms with Gasteiger partial charge in [-0.2, -0.15) is 13.2 Å². The first kappa shape index (κ1) is 17.5. The van der Waals surface area contributed by atoms with Gasteiger partial charge in [0.2, 0.25) is 5.91 Å². The fourth-order valence-electron chi connectivity index (χ4n) is 1.84. The summed E-state index contributed by atoms with van der Waals surface area (Å²) < 4.78 is 38.1. The Morgan fingerprint density at radius 3 is 2.48 bits per heavy atom. The number of nitrogens with two attached hydrogens (primary N) is 1. The van der Waals surface area contributed by atoms with Crippen molar-refractivity contribution in [1.29, 1.82) is 0 Å². The van der Waals surface area contributed by atoms with Gasteiger partial charge in [0, 0.05) is 6.54 Å². The molecule has 0 radical (unpaired) electrons. The quantitative estimate of drug-likeness (QED) is 0.877. The molecule has 1 aromatic rings. The number of rotatable bonds is 5. The first-order valence-corrected chi connectivity index (χ1v) is 6.82. The molecule has 0 aliphatic heterocycles. The molecule has 0 bridgehead atoms. The third kappa shape index (κ3) is 4.20. The summed E-state index contributed by atoms with van der Waals surface area (Å²) in [5.41, 5.74) is 4.58. The van der Waals surface area contributed by atoms with Crippen LogP contribution in [0.5, 0.6) is 0 Å². The van der Waals surface area contributed by atoms with E-state index in [-0.39, 0.29) is 12.5 Å². The number of hydrogen-bond donors (Lipinski definition) is 2. The van der Waals surface area contributed by atoms with E-state index < -0.39 is 23.2 Å². The predicted molar refractivity (Wildman–Crippen MR) is 75.5 cm³/mol. The molecule has 0 aliphatic rings. The van der Waals surface area contributed by atoms with Crippen molar-refractivity contribution in [3.8, 4) is 0 Å². The zero-order chi connectivity index (χ0) is 16.3. The minimum absolute atomic E-state index is 0.185. The van der Waals surface area contributed by atoms with Crippen LogP contribution in [-0.4, -0.2) is 12.5 Å². The maximum absolute atomic E-state index is 12.7. The van der Waals surface area contributed by atoms with E-state index in [0.717, 1.165) is 12.1 Å². The maximum atomic E-state index is 12.7. The Balaban J connectivity index is 2.90. The highest BCUT2D eigenvalue weighted by atomic mass is 19.4. The first-order valence-electron chi connectivity index (χ1n) is 6.82. The second-order valence-corrected chi connectivity index (χ2v) is 5.44. The number of hydrogen-bond acceptors (Lipinski definition) is 2. The molecule has 21 heavy (non-hydrogen) atoms. The van der Waals surface area contributed by atoms with Crippen LogP contribution in [0.1, 0.15) is 44.4 Å². The molecule has 2 unspecified atom stereocenters. The standard InChI is InChI=1S/C15H21F3N2O/c1-4-14(3,9-19)13(21)20-10(2)11-6-5-7-12(8-11)15(16,17)18/h5-8,10H,4,9,19H2,1-3H3,(H,20,21). The van der Waals surface area contributed by atoms with Crippen LogP contribution in [-0.2, 0) is 11.0 Å². The average Bonchev–Trinajstić information content (AvgIpc) is 2.45. The van der Waals surface area contributed by atoms with Gasteiger partial charge in [0.15, 0.2) is 0 Å². The van der Waals surface area contributed by atoms with Gasteiger partial charge in [-0.25, -0.2) is 0 Å². The van der Waals surface area contributed by atoms with E-state index >= 15 is 0 Å². The molecule has 0 saturated heterocycles. The van der Waals surface area contributed by atoms with Crippen LogP contribution in [0.4, 0.5) is 13.2 Å². The Morgan fingerprint density at radius 2 is 2.00 bits per heavy atom. The summed E-state index contributed by atoms with van der Waals surface area (Å²) >= 11 is 0. The summed E-state index contributed by atoms with van der Waals surface area (Å²) in [6, 6.07) is 4.44. The molecule has 0 heterocycles. The highest BCUT2D eigenvalue weighted by Crippen LogP contribution is 2.31. The number of benzene rings is 1. The van der Waals surface area contributed by atoms with Crippen molar-refractivity contribution in [3.05, 3.63) is 35.4 Å². The Labute approximate surface area is 122 Å². The van der Waals surface area contributed by atoms with Crippen LogP contribution in [0.2, 0.25) is 0 Å². The van der Waals surface area contributed by atoms with Crippen LogP contribution >= 0.6 is 0 Å². The lowest BCUT2D eigenvalue weighted by molar-refractivity contribution is -0.137. The molecule has 3 N–H and O–H groups in total. The third-order valence-electron chi connectivity index (χ3n) is 3.84. The normalized spacial score (nSPS) is 16.1. The van der Waals surface area contributed by atoms with E-state index in [9.17, 15) is 18.0 Å². The van der Waals surface area contributed by atoms with Crippen molar-refractivity contribution in [3.63, 3.8) is 0 Å². The van der Waals surface area contributed by atoms with Crippen LogP contribution in [0, 0.1) is 5.41 Å². The second-order valence-electron chi connectivity index (χ2n) is 5.44. The van der Waals surface area contributed by atoms with E-state index in [1.807, 2.05) is 6.92 Å². The summed E-state index contributed by atoms with van der Waals surface area (Å²) in [7, 11) is 0. The fourth-order valence-corrected chi connectivity index (χ4v) is 1.84. The molecular formula is C15H21F3N2O. The lowest BCUT2D eigenvalue weighted by Crippen LogP contribution is -2.44. The largest absolute Gasteiger partial charge is 0.416 e. The number of nitrogens with one attached hydrogen (secondary N) is 1. The lowest BCUT2D eigenvalue weighted by Gasteiger charge is -2.27. The SMILES string of the molecule is CCC(C)(CN)C(=O)NC(C)c1cccc(C(F)(F)F)c1. The topological polar surface area (TPSA) is 55.1 Å². The van der Waals surface area contributed by atoms with Crippen LogP contribution in [0.25, 0.3) is 0 Å². The Kier molecular flexibility index (Phi) is 5.39. The highest BCUT2D eigenvalue weighted by molar-refractivity contribution is 5.82. The van der Waals surface area contributed by atoms with Crippen LogP contribution < -0.4 is 11.1 Å². The van der Waals surface area contributed by atoms with E-state index in [4.69, 9.17) is 5.73 Å². The van der Waals surface area contributed by atoms with E-state index in [1.54, 1.807) is 19.9 Å². The average molecular weight is 302 g/mol. The zero-order valence-corrected chi connectivity index (χ0v) is 12.4. The number of halogens is 3. The van der Waals surface area contributed by atoms with Crippen molar-refractivity contribution in [2.24, 2.45) is 11.1 Å². The zero-order valence-electron chi connectivity index (χ0n) is 12.4. The first-order chi connectivity index (χ1) is 9.64. The van der Waals surface area contributed by atoms with Gasteiger partial charge in [-0.15, -0.1) is 0 Å². The van der Waals surface area contributed by atoms with Gasteiger partial charge in [0.25, 0.3) is 0 Å². The number of alkyl halides is 3. The third-order valence-corrected chi connectivity index (χ3v) is 3.84.